The van der Waals surface area contributed by atoms with Crippen LogP contribution in [0.15, 0.2) is 53.7 Å². The number of halogens is 5. The van der Waals surface area contributed by atoms with Crippen LogP contribution in [-0.2, 0) is 19.1 Å². The maximum Gasteiger partial charge on any atom is 0.310 e. The Morgan fingerprint density at radius 2 is 1.75 bits per heavy atom. The molecule has 3 aliphatic heterocycles. The number of hydrogen-bond donors (Lipinski definition) is 2. The van der Waals surface area contributed by atoms with Gasteiger partial charge in [-0.05, 0) is 62.4 Å². The van der Waals surface area contributed by atoms with Gasteiger partial charge < -0.3 is 20.1 Å². The lowest BCUT2D eigenvalue weighted by atomic mass is 10.00. The summed E-state index contributed by atoms with van der Waals surface area (Å²) in [5, 5.41) is 6.03. The van der Waals surface area contributed by atoms with E-state index in [4.69, 9.17) is 9.47 Å². The minimum atomic E-state index is -9.96. The molecular weight excluding hydrogens is 559 g/mol. The number of nitrogens with one attached hydrogen (secondary N) is 2. The lowest BCUT2D eigenvalue weighted by Gasteiger charge is -2.41. The maximum atomic E-state index is 14.0. The van der Waals surface area contributed by atoms with E-state index >= 15 is 0 Å². The molecule has 2 aromatic rings. The predicted octanol–water partition coefficient (Wildman–Crippen LogP) is 5.02. The van der Waals surface area contributed by atoms with E-state index in [1.807, 2.05) is 0 Å². The number of pyridine rings is 1. The lowest BCUT2D eigenvalue weighted by molar-refractivity contribution is -0.128. The number of fused-ring (bicyclic) bond motifs is 2. The number of ether oxygens (including phenoxy) is 2. The molecule has 4 heterocycles. The number of rotatable bonds is 8. The first kappa shape index (κ1) is 28.7. The molecular formula is C26H31F5N4O4S. The minimum Gasteiger partial charge on any atom is -0.380 e. The van der Waals surface area contributed by atoms with Crippen LogP contribution in [0, 0.1) is 0 Å². The average molecular weight is 591 g/mol. The Morgan fingerprint density at radius 1 is 1.07 bits per heavy atom. The highest BCUT2D eigenvalue weighted by molar-refractivity contribution is 8.45. The van der Waals surface area contributed by atoms with Crippen LogP contribution in [0.5, 0.6) is 0 Å². The number of anilines is 1. The van der Waals surface area contributed by atoms with E-state index in [0.717, 1.165) is 29.9 Å². The highest BCUT2D eigenvalue weighted by Crippen LogP contribution is 3.02. The molecule has 3 saturated heterocycles. The molecule has 2 bridgehead atoms. The predicted molar refractivity (Wildman–Crippen MR) is 139 cm³/mol. The summed E-state index contributed by atoms with van der Waals surface area (Å²) in [6.45, 7) is 0.346. The third kappa shape index (κ3) is 6.24. The number of carbonyl (C=O) groups is 2. The van der Waals surface area contributed by atoms with Gasteiger partial charge >= 0.3 is 10.2 Å². The number of hydrogen-bond acceptors (Lipinski definition) is 6. The molecule has 3 aliphatic rings. The maximum absolute atomic E-state index is 14.0. The summed E-state index contributed by atoms with van der Waals surface area (Å²) in [6.07, 6.45) is 5.82. The van der Waals surface area contributed by atoms with Gasteiger partial charge in [-0.15, -0.1) is 0 Å². The molecule has 8 nitrogen and oxygen atoms in total. The molecule has 1 aromatic carbocycles. The quantitative estimate of drug-likeness (QED) is 0.420. The number of amides is 2. The van der Waals surface area contributed by atoms with E-state index in [-0.39, 0.29) is 48.6 Å². The molecule has 1 aromatic heterocycles. The van der Waals surface area contributed by atoms with Gasteiger partial charge in [0.1, 0.15) is 10.9 Å². The van der Waals surface area contributed by atoms with Crippen molar-refractivity contribution in [2.24, 2.45) is 0 Å². The molecule has 0 aliphatic carbocycles. The van der Waals surface area contributed by atoms with E-state index in [1.165, 1.54) is 19.5 Å². The van der Waals surface area contributed by atoms with E-state index < -0.39 is 39.0 Å². The first-order valence-corrected chi connectivity index (χ1v) is 15.0. The summed E-state index contributed by atoms with van der Waals surface area (Å²) >= 11 is 0. The standard InChI is InChI=1S/C26H31F5N4O4S/c1-38-21-13-23(33-15-21)26(37)35(18-4-8-22(9-5-18)40(27,28,29,30)31)24(16-3-2-10-32-14-16)25(36)34-17-11-19-6-7-20(12-17)39-19/h2-5,8-10,14,17,19-21,23-24,33H,6-7,11-13,15H2,1H3,(H,34,36)/t17?,19?,20?,21-,23-,24-/m1/s1. The summed E-state index contributed by atoms with van der Waals surface area (Å²) < 4.78 is 78.5. The molecule has 14 heteroatoms. The lowest BCUT2D eigenvalue weighted by Crippen LogP contribution is -2.52. The zero-order chi connectivity index (χ0) is 28.8. The Morgan fingerprint density at radius 3 is 2.30 bits per heavy atom. The van der Waals surface area contributed by atoms with Crippen molar-refractivity contribution in [2.45, 2.75) is 73.4 Å². The van der Waals surface area contributed by atoms with Crippen molar-refractivity contribution < 1.29 is 38.5 Å². The van der Waals surface area contributed by atoms with Crippen LogP contribution in [0.4, 0.5) is 25.1 Å². The Balaban J connectivity index is 1.53. The van der Waals surface area contributed by atoms with Crippen molar-refractivity contribution in [1.29, 1.82) is 0 Å². The van der Waals surface area contributed by atoms with Crippen molar-refractivity contribution in [3.8, 4) is 0 Å². The van der Waals surface area contributed by atoms with Crippen LogP contribution in [0.25, 0.3) is 0 Å². The van der Waals surface area contributed by atoms with Gasteiger partial charge in [-0.2, -0.15) is 0 Å². The average Bonchev–Trinajstić information content (AvgIpc) is 3.52. The van der Waals surface area contributed by atoms with Crippen molar-refractivity contribution in [3.63, 3.8) is 0 Å². The zero-order valence-electron chi connectivity index (χ0n) is 21.7. The fourth-order valence-electron chi connectivity index (χ4n) is 5.72. The zero-order valence-corrected chi connectivity index (χ0v) is 22.5. The van der Waals surface area contributed by atoms with E-state index in [0.29, 0.717) is 24.9 Å². The molecule has 0 radical (unpaired) electrons. The van der Waals surface area contributed by atoms with Gasteiger partial charge in [0.2, 0.25) is 11.8 Å². The van der Waals surface area contributed by atoms with Gasteiger partial charge in [0.15, 0.2) is 0 Å². The molecule has 3 fully saturated rings. The number of nitrogens with zero attached hydrogens (tertiary/aromatic N) is 2. The van der Waals surface area contributed by atoms with Gasteiger partial charge in [-0.1, -0.05) is 25.5 Å². The summed E-state index contributed by atoms with van der Waals surface area (Å²) in [4.78, 5) is 30.9. The first-order chi connectivity index (χ1) is 18.7. The summed E-state index contributed by atoms with van der Waals surface area (Å²) in [5.41, 5.74) is 0.163. The second-order valence-electron chi connectivity index (χ2n) is 10.5. The highest BCUT2D eigenvalue weighted by atomic mass is 32.5. The van der Waals surface area contributed by atoms with Crippen molar-refractivity contribution in [2.75, 3.05) is 18.6 Å². The molecule has 0 spiro atoms. The highest BCUT2D eigenvalue weighted by Gasteiger charge is 2.65. The Bertz CT molecular complexity index is 1240. The topological polar surface area (TPSA) is 92.8 Å². The molecule has 2 N–H and O–H groups in total. The second kappa shape index (κ2) is 9.93. The number of methoxy groups -OCH3 is 1. The fraction of sp³-hybridized carbons (Fsp3) is 0.500. The summed E-state index contributed by atoms with van der Waals surface area (Å²) in [7, 11) is -8.47. The van der Waals surface area contributed by atoms with Crippen LogP contribution in [0.1, 0.15) is 43.7 Å². The summed E-state index contributed by atoms with van der Waals surface area (Å²) in [5.74, 6) is -1.18. The van der Waals surface area contributed by atoms with Crippen molar-refractivity contribution >= 4 is 27.7 Å². The molecule has 40 heavy (non-hydrogen) atoms. The largest absolute Gasteiger partial charge is 0.380 e. The van der Waals surface area contributed by atoms with Crippen LogP contribution in [-0.4, -0.2) is 60.8 Å². The molecule has 0 saturated carbocycles. The third-order valence-electron chi connectivity index (χ3n) is 7.66. The van der Waals surface area contributed by atoms with Crippen LogP contribution < -0.4 is 15.5 Å². The Labute approximate surface area is 228 Å². The first-order valence-electron chi connectivity index (χ1n) is 13.0. The number of benzene rings is 1. The van der Waals surface area contributed by atoms with Crippen LogP contribution in [0.2, 0.25) is 0 Å². The third-order valence-corrected chi connectivity index (χ3v) is 8.83. The second-order valence-corrected chi connectivity index (χ2v) is 13.0. The fourth-order valence-corrected chi connectivity index (χ4v) is 6.37. The van der Waals surface area contributed by atoms with Crippen LogP contribution >= 0.6 is 10.2 Å². The molecule has 220 valence electrons. The van der Waals surface area contributed by atoms with Gasteiger partial charge in [0.05, 0.1) is 24.4 Å². The van der Waals surface area contributed by atoms with Crippen LogP contribution in [0.3, 0.4) is 0 Å². The number of aromatic nitrogens is 1. The Kier molecular flexibility index (Phi) is 7.12. The van der Waals surface area contributed by atoms with Crippen molar-refractivity contribution in [1.82, 2.24) is 15.6 Å². The molecule has 5 rings (SSSR count). The monoisotopic (exact) mass is 590 g/mol. The van der Waals surface area contributed by atoms with Gasteiger partial charge in [0, 0.05) is 43.3 Å². The van der Waals surface area contributed by atoms with Gasteiger partial charge in [0.25, 0.3) is 0 Å². The van der Waals surface area contributed by atoms with Gasteiger partial charge in [-0.25, -0.2) is 0 Å². The molecule has 2 amide bonds. The van der Waals surface area contributed by atoms with E-state index in [9.17, 15) is 29.0 Å². The van der Waals surface area contributed by atoms with E-state index in [1.54, 1.807) is 12.1 Å². The van der Waals surface area contributed by atoms with Crippen molar-refractivity contribution in [3.05, 3.63) is 54.4 Å². The normalized spacial score (nSPS) is 28.8. The minimum absolute atomic E-state index is 0.0202. The molecule has 2 unspecified atom stereocenters. The Hall–Kier alpha value is -2.81. The SMILES string of the molecule is CO[C@H]1CN[C@@H](C(=O)N(c2ccc(S(F)(F)(F)(F)F)cc2)[C@@H](C(=O)NC2CC3CCC(C2)O3)c2cccnc2)C1. The molecule has 5 atom stereocenters. The summed E-state index contributed by atoms with van der Waals surface area (Å²) in [6, 6.07) is 2.82. The van der Waals surface area contributed by atoms with E-state index in [2.05, 4.69) is 15.6 Å². The smallest absolute Gasteiger partial charge is 0.310 e. The van der Waals surface area contributed by atoms with Gasteiger partial charge in [-0.3, -0.25) is 19.5 Å². The number of carbonyl (C=O) groups excluding carboxylic acids is 2.